The molecule has 0 aliphatic carbocycles. The van der Waals surface area contributed by atoms with Gasteiger partial charge < -0.3 is 19.9 Å². The Bertz CT molecular complexity index is 833. The molecule has 6 nitrogen and oxygen atoms in total. The fraction of sp³-hybridized carbons (Fsp3) is 0.333. The molecule has 0 fully saturated rings. The monoisotopic (exact) mass is 389 g/mol. The first-order valence-corrected chi connectivity index (χ1v) is 8.76. The van der Waals surface area contributed by atoms with E-state index < -0.39 is 23.1 Å². The molecule has 2 aromatic rings. The zero-order valence-electron chi connectivity index (χ0n) is 16.1. The van der Waals surface area contributed by atoms with Gasteiger partial charge in [-0.2, -0.15) is 0 Å². The maximum absolute atomic E-state index is 13.9. The van der Waals surface area contributed by atoms with Crippen LogP contribution in [0.5, 0.6) is 0 Å². The van der Waals surface area contributed by atoms with Crippen molar-refractivity contribution in [3.8, 4) is 0 Å². The van der Waals surface area contributed by atoms with Crippen LogP contribution in [0.4, 0.5) is 10.1 Å². The van der Waals surface area contributed by atoms with Crippen LogP contribution in [0.25, 0.3) is 0 Å². The fourth-order valence-corrected chi connectivity index (χ4v) is 2.45. The third-order valence-electron chi connectivity index (χ3n) is 4.40. The topological polar surface area (TPSA) is 84.9 Å². The maximum atomic E-state index is 13.9. The van der Waals surface area contributed by atoms with Crippen LogP contribution in [0.1, 0.15) is 35.3 Å². The molecular formula is C21H24FNO5. The summed E-state index contributed by atoms with van der Waals surface area (Å²) in [6.45, 7) is 3.98. The van der Waals surface area contributed by atoms with E-state index in [1.807, 2.05) is 0 Å². The van der Waals surface area contributed by atoms with Crippen molar-refractivity contribution >= 4 is 17.6 Å². The summed E-state index contributed by atoms with van der Waals surface area (Å²) in [5.41, 5.74) is 0.674. The van der Waals surface area contributed by atoms with Gasteiger partial charge in [-0.05, 0) is 49.7 Å². The Labute approximate surface area is 163 Å². The third-order valence-corrected chi connectivity index (χ3v) is 4.40. The number of carbonyl (C=O) groups is 2. The molecule has 0 unspecified atom stereocenters. The van der Waals surface area contributed by atoms with Crippen LogP contribution < -0.4 is 5.32 Å². The standard InChI is InChI=1S/C21H24FNO5/c1-21(2,20(25)26)16-5-7-17(8-6-16)23-19(24)14-4-9-18(22)15(12-14)13-28-11-10-27-3/h4-9,12H,10-11,13H2,1-3H3,(H,23,24)(H,25,26). The maximum Gasteiger partial charge on any atom is 0.313 e. The number of hydrogen-bond acceptors (Lipinski definition) is 4. The molecule has 7 heteroatoms. The van der Waals surface area contributed by atoms with Gasteiger partial charge in [0.2, 0.25) is 0 Å². The number of benzene rings is 2. The molecule has 2 N–H and O–H groups in total. The molecule has 0 radical (unpaired) electrons. The van der Waals surface area contributed by atoms with E-state index in [4.69, 9.17) is 9.47 Å². The normalized spacial score (nSPS) is 11.3. The number of carboxylic acid groups (broad SMARTS) is 1. The summed E-state index contributed by atoms with van der Waals surface area (Å²) >= 11 is 0. The molecule has 0 bridgehead atoms. The van der Waals surface area contributed by atoms with E-state index >= 15 is 0 Å². The van der Waals surface area contributed by atoms with E-state index in [0.717, 1.165) is 0 Å². The van der Waals surface area contributed by atoms with E-state index in [2.05, 4.69) is 5.32 Å². The van der Waals surface area contributed by atoms with Gasteiger partial charge >= 0.3 is 5.97 Å². The van der Waals surface area contributed by atoms with Gasteiger partial charge in [0.15, 0.2) is 0 Å². The molecule has 150 valence electrons. The van der Waals surface area contributed by atoms with Crippen molar-refractivity contribution in [1.82, 2.24) is 0 Å². The quantitative estimate of drug-likeness (QED) is 0.640. The summed E-state index contributed by atoms with van der Waals surface area (Å²) in [4.78, 5) is 23.8. The lowest BCUT2D eigenvalue weighted by Crippen LogP contribution is -2.28. The van der Waals surface area contributed by atoms with Crippen molar-refractivity contribution in [1.29, 1.82) is 0 Å². The molecule has 0 saturated carbocycles. The number of anilines is 1. The Morgan fingerprint density at radius 2 is 1.79 bits per heavy atom. The Morgan fingerprint density at radius 3 is 2.39 bits per heavy atom. The second-order valence-corrected chi connectivity index (χ2v) is 6.81. The molecule has 0 atom stereocenters. The summed E-state index contributed by atoms with van der Waals surface area (Å²) in [5.74, 6) is -1.78. The van der Waals surface area contributed by atoms with Gasteiger partial charge in [0.1, 0.15) is 5.82 Å². The average Bonchev–Trinajstić information content (AvgIpc) is 2.66. The number of amides is 1. The first-order valence-electron chi connectivity index (χ1n) is 8.76. The highest BCUT2D eigenvalue weighted by Crippen LogP contribution is 2.25. The first-order chi connectivity index (χ1) is 13.3. The van der Waals surface area contributed by atoms with Crippen molar-refractivity contribution in [3.05, 3.63) is 65.0 Å². The second kappa shape index (κ2) is 9.43. The van der Waals surface area contributed by atoms with Crippen LogP contribution in [0.15, 0.2) is 42.5 Å². The van der Waals surface area contributed by atoms with Gasteiger partial charge in [0.05, 0.1) is 25.2 Å². The van der Waals surface area contributed by atoms with Gasteiger partial charge in [-0.15, -0.1) is 0 Å². The molecular weight excluding hydrogens is 365 g/mol. The van der Waals surface area contributed by atoms with Crippen LogP contribution in [0, 0.1) is 5.82 Å². The van der Waals surface area contributed by atoms with Gasteiger partial charge in [0.25, 0.3) is 5.91 Å². The van der Waals surface area contributed by atoms with Gasteiger partial charge in [-0.25, -0.2) is 4.39 Å². The van der Waals surface area contributed by atoms with Crippen LogP contribution in [-0.4, -0.2) is 37.3 Å². The first kappa shape index (κ1) is 21.5. The summed E-state index contributed by atoms with van der Waals surface area (Å²) in [6, 6.07) is 10.6. The molecule has 0 aliphatic rings. The summed E-state index contributed by atoms with van der Waals surface area (Å²) in [6.07, 6.45) is 0. The molecule has 0 saturated heterocycles. The Kier molecular flexibility index (Phi) is 7.25. The van der Waals surface area contributed by atoms with Crippen molar-refractivity contribution in [3.63, 3.8) is 0 Å². The second-order valence-electron chi connectivity index (χ2n) is 6.81. The van der Waals surface area contributed by atoms with E-state index in [1.54, 1.807) is 45.2 Å². The lowest BCUT2D eigenvalue weighted by molar-refractivity contribution is -0.142. The number of rotatable bonds is 9. The highest BCUT2D eigenvalue weighted by molar-refractivity contribution is 6.04. The van der Waals surface area contributed by atoms with Gasteiger partial charge in [0, 0.05) is 23.9 Å². The predicted molar refractivity (Wildman–Crippen MR) is 103 cm³/mol. The molecule has 0 aromatic heterocycles. The van der Waals surface area contributed by atoms with E-state index in [1.165, 1.54) is 18.2 Å². The van der Waals surface area contributed by atoms with Crippen LogP contribution in [0.3, 0.4) is 0 Å². The van der Waals surface area contributed by atoms with E-state index in [0.29, 0.717) is 30.0 Å². The average molecular weight is 389 g/mol. The fourth-order valence-electron chi connectivity index (χ4n) is 2.45. The number of carbonyl (C=O) groups excluding carboxylic acids is 1. The highest BCUT2D eigenvalue weighted by atomic mass is 19.1. The predicted octanol–water partition coefficient (Wildman–Crippen LogP) is 3.60. The molecule has 0 aliphatic heterocycles. The number of carboxylic acids is 1. The minimum atomic E-state index is -1.03. The molecule has 2 rings (SSSR count). The summed E-state index contributed by atoms with van der Waals surface area (Å²) < 4.78 is 24.1. The SMILES string of the molecule is COCCOCc1cc(C(=O)Nc2ccc(C(C)(C)C(=O)O)cc2)ccc1F. The number of methoxy groups -OCH3 is 1. The zero-order chi connectivity index (χ0) is 20.7. The van der Waals surface area contributed by atoms with Gasteiger partial charge in [-0.3, -0.25) is 9.59 Å². The highest BCUT2D eigenvalue weighted by Gasteiger charge is 2.29. The number of halogens is 1. The lowest BCUT2D eigenvalue weighted by atomic mass is 9.85. The molecule has 28 heavy (non-hydrogen) atoms. The van der Waals surface area contributed by atoms with Crippen molar-refractivity contribution in [2.75, 3.05) is 25.6 Å². The van der Waals surface area contributed by atoms with Crippen molar-refractivity contribution in [2.24, 2.45) is 0 Å². The van der Waals surface area contributed by atoms with E-state index in [9.17, 15) is 19.1 Å². The van der Waals surface area contributed by atoms with Crippen LogP contribution in [-0.2, 0) is 26.3 Å². The molecule has 0 heterocycles. The molecule has 2 aromatic carbocycles. The van der Waals surface area contributed by atoms with Crippen LogP contribution >= 0.6 is 0 Å². The minimum Gasteiger partial charge on any atom is -0.481 e. The smallest absolute Gasteiger partial charge is 0.313 e. The third kappa shape index (κ3) is 5.37. The van der Waals surface area contributed by atoms with Gasteiger partial charge in [-0.1, -0.05) is 12.1 Å². The summed E-state index contributed by atoms with van der Waals surface area (Å²) in [7, 11) is 1.55. The number of hydrogen-bond donors (Lipinski definition) is 2. The minimum absolute atomic E-state index is 0.0370. The van der Waals surface area contributed by atoms with Crippen LogP contribution in [0.2, 0.25) is 0 Å². The largest absolute Gasteiger partial charge is 0.481 e. The number of aliphatic carboxylic acids is 1. The van der Waals surface area contributed by atoms with E-state index in [-0.39, 0.29) is 12.2 Å². The van der Waals surface area contributed by atoms with Crippen molar-refractivity contribution < 1.29 is 28.6 Å². The molecule has 0 spiro atoms. The number of nitrogens with one attached hydrogen (secondary N) is 1. The van der Waals surface area contributed by atoms with Crippen molar-refractivity contribution in [2.45, 2.75) is 25.9 Å². The number of ether oxygens (including phenoxy) is 2. The Morgan fingerprint density at radius 1 is 1.11 bits per heavy atom. The summed E-state index contributed by atoms with van der Waals surface area (Å²) in [5, 5.41) is 12.0. The molecule has 1 amide bonds. The lowest BCUT2D eigenvalue weighted by Gasteiger charge is -2.20. The Balaban J connectivity index is 2.07. The zero-order valence-corrected chi connectivity index (χ0v) is 16.1. The Hall–Kier alpha value is -2.77.